The third kappa shape index (κ3) is 3.17. The molecule has 0 aliphatic heterocycles. The summed E-state index contributed by atoms with van der Waals surface area (Å²) in [6.45, 7) is 1.95. The molecule has 0 aliphatic rings. The summed E-state index contributed by atoms with van der Waals surface area (Å²) in [6.07, 6.45) is 0. The van der Waals surface area contributed by atoms with Crippen LogP contribution in [-0.2, 0) is 0 Å². The summed E-state index contributed by atoms with van der Waals surface area (Å²) in [5, 5.41) is 9.33. The van der Waals surface area contributed by atoms with Crippen LogP contribution in [0.15, 0.2) is 51.4 Å². The molecule has 2 aromatic carbocycles. The molecule has 2 rings (SSSR count). The number of hydrogen-bond acceptors (Lipinski definition) is 2. The van der Waals surface area contributed by atoms with Gasteiger partial charge in [0.2, 0.25) is 0 Å². The number of carbonyl (C=O) groups excluding carboxylic acids is 1. The standard InChI is InChI=1S/C16H11Br2NO/c1-10-2-7-13(15(18)8-10)16(20)14(9-19)11-3-5-12(17)6-4-11/h2-8,14H,1H3. The van der Waals surface area contributed by atoms with Gasteiger partial charge in [0.15, 0.2) is 5.78 Å². The number of nitrogens with zero attached hydrogens (tertiary/aromatic N) is 1. The lowest BCUT2D eigenvalue weighted by atomic mass is 9.91. The highest BCUT2D eigenvalue weighted by Gasteiger charge is 2.23. The van der Waals surface area contributed by atoms with E-state index in [2.05, 4.69) is 37.9 Å². The van der Waals surface area contributed by atoms with Crippen molar-refractivity contribution in [1.82, 2.24) is 0 Å². The Morgan fingerprint density at radius 2 is 1.80 bits per heavy atom. The van der Waals surface area contributed by atoms with Crippen LogP contribution < -0.4 is 0 Å². The van der Waals surface area contributed by atoms with Crippen LogP contribution in [-0.4, -0.2) is 5.78 Å². The van der Waals surface area contributed by atoms with E-state index in [-0.39, 0.29) is 5.78 Å². The number of halogens is 2. The summed E-state index contributed by atoms with van der Waals surface area (Å²) in [4.78, 5) is 12.5. The van der Waals surface area contributed by atoms with Crippen LogP contribution in [0.1, 0.15) is 27.4 Å². The van der Waals surface area contributed by atoms with E-state index in [4.69, 9.17) is 0 Å². The summed E-state index contributed by atoms with van der Waals surface area (Å²) in [7, 11) is 0. The molecule has 0 aromatic heterocycles. The molecule has 0 spiro atoms. The van der Waals surface area contributed by atoms with Crippen LogP contribution in [0.3, 0.4) is 0 Å². The molecule has 0 saturated carbocycles. The highest BCUT2D eigenvalue weighted by Crippen LogP contribution is 2.27. The van der Waals surface area contributed by atoms with Crippen molar-refractivity contribution in [2.24, 2.45) is 0 Å². The molecule has 100 valence electrons. The topological polar surface area (TPSA) is 40.9 Å². The van der Waals surface area contributed by atoms with E-state index in [1.807, 2.05) is 31.2 Å². The Balaban J connectivity index is 2.39. The minimum atomic E-state index is -0.790. The summed E-state index contributed by atoms with van der Waals surface area (Å²) >= 11 is 6.73. The van der Waals surface area contributed by atoms with Gasteiger partial charge in [0.1, 0.15) is 5.92 Å². The normalized spacial score (nSPS) is 11.7. The quantitative estimate of drug-likeness (QED) is 0.688. The van der Waals surface area contributed by atoms with Gasteiger partial charge in [0.05, 0.1) is 6.07 Å². The van der Waals surface area contributed by atoms with E-state index in [1.54, 1.807) is 18.2 Å². The molecule has 0 radical (unpaired) electrons. The zero-order chi connectivity index (χ0) is 14.7. The van der Waals surface area contributed by atoms with E-state index in [9.17, 15) is 10.1 Å². The monoisotopic (exact) mass is 391 g/mol. The predicted octanol–water partition coefficient (Wildman–Crippen LogP) is 5.01. The maximum absolute atomic E-state index is 12.5. The van der Waals surface area contributed by atoms with Crippen molar-refractivity contribution in [3.05, 3.63) is 68.1 Å². The van der Waals surface area contributed by atoms with Crippen molar-refractivity contribution in [2.45, 2.75) is 12.8 Å². The van der Waals surface area contributed by atoms with Crippen LogP contribution in [0, 0.1) is 18.3 Å². The summed E-state index contributed by atoms with van der Waals surface area (Å²) in [6, 6.07) is 14.8. The van der Waals surface area contributed by atoms with E-state index in [0.29, 0.717) is 11.1 Å². The average molecular weight is 393 g/mol. The molecule has 1 atom stereocenters. The number of aryl methyl sites for hydroxylation is 1. The lowest BCUT2D eigenvalue weighted by Gasteiger charge is -2.10. The first-order valence-corrected chi connectivity index (χ1v) is 7.57. The van der Waals surface area contributed by atoms with E-state index in [1.165, 1.54) is 0 Å². The first kappa shape index (κ1) is 15.0. The largest absolute Gasteiger partial charge is 0.292 e. The SMILES string of the molecule is Cc1ccc(C(=O)C(C#N)c2ccc(Br)cc2)c(Br)c1. The highest BCUT2D eigenvalue weighted by molar-refractivity contribution is 9.10. The van der Waals surface area contributed by atoms with Crippen LogP contribution in [0.5, 0.6) is 0 Å². The average Bonchev–Trinajstić information content (AvgIpc) is 2.41. The molecule has 0 aliphatic carbocycles. The van der Waals surface area contributed by atoms with Gasteiger partial charge in [-0.05, 0) is 42.3 Å². The van der Waals surface area contributed by atoms with Crippen LogP contribution >= 0.6 is 31.9 Å². The van der Waals surface area contributed by atoms with Gasteiger partial charge in [0, 0.05) is 14.5 Å². The first-order valence-electron chi connectivity index (χ1n) is 5.98. The molecular formula is C16H11Br2NO. The summed E-state index contributed by atoms with van der Waals surface area (Å²) in [5.41, 5.74) is 2.30. The fourth-order valence-corrected chi connectivity index (χ4v) is 2.87. The van der Waals surface area contributed by atoms with Gasteiger partial charge in [0.25, 0.3) is 0 Å². The smallest absolute Gasteiger partial charge is 0.185 e. The Labute approximate surface area is 134 Å². The van der Waals surface area contributed by atoms with Crippen LogP contribution in [0.25, 0.3) is 0 Å². The number of hydrogen-bond donors (Lipinski definition) is 0. The molecule has 0 bridgehead atoms. The van der Waals surface area contributed by atoms with E-state index in [0.717, 1.165) is 14.5 Å². The molecule has 0 N–H and O–H groups in total. The third-order valence-electron chi connectivity index (χ3n) is 2.98. The molecule has 0 fully saturated rings. The van der Waals surface area contributed by atoms with Gasteiger partial charge >= 0.3 is 0 Å². The van der Waals surface area contributed by atoms with Gasteiger partial charge in [-0.2, -0.15) is 5.26 Å². The molecule has 0 amide bonds. The molecule has 0 heterocycles. The highest BCUT2D eigenvalue weighted by atomic mass is 79.9. The Morgan fingerprint density at radius 1 is 1.15 bits per heavy atom. The minimum absolute atomic E-state index is 0.193. The second kappa shape index (κ2) is 6.34. The first-order chi connectivity index (χ1) is 9.52. The Hall–Kier alpha value is -1.44. The number of ketones is 1. The zero-order valence-corrected chi connectivity index (χ0v) is 13.9. The number of carbonyl (C=O) groups is 1. The van der Waals surface area contributed by atoms with Crippen molar-refractivity contribution in [3.63, 3.8) is 0 Å². The van der Waals surface area contributed by atoms with Gasteiger partial charge in [-0.25, -0.2) is 0 Å². The predicted molar refractivity (Wildman–Crippen MR) is 85.7 cm³/mol. The summed E-state index contributed by atoms with van der Waals surface area (Å²) in [5.74, 6) is -0.983. The number of nitriles is 1. The van der Waals surface area contributed by atoms with Crippen molar-refractivity contribution in [2.75, 3.05) is 0 Å². The molecule has 2 aromatic rings. The molecule has 1 unspecified atom stereocenters. The lowest BCUT2D eigenvalue weighted by molar-refractivity contribution is 0.0978. The van der Waals surface area contributed by atoms with Gasteiger partial charge in [-0.1, -0.05) is 50.1 Å². The molecular weight excluding hydrogens is 382 g/mol. The molecule has 4 heteroatoms. The maximum Gasteiger partial charge on any atom is 0.185 e. The number of Topliss-reactive ketones (excluding diaryl/α,β-unsaturated/α-hetero) is 1. The Kier molecular flexibility index (Phi) is 4.74. The fraction of sp³-hybridized carbons (Fsp3) is 0.125. The van der Waals surface area contributed by atoms with Crippen LogP contribution in [0.4, 0.5) is 0 Å². The Bertz CT molecular complexity index is 687. The van der Waals surface area contributed by atoms with Crippen molar-refractivity contribution in [1.29, 1.82) is 5.26 Å². The lowest BCUT2D eigenvalue weighted by Crippen LogP contribution is -2.12. The molecule has 20 heavy (non-hydrogen) atoms. The van der Waals surface area contributed by atoms with Gasteiger partial charge in [-0.15, -0.1) is 0 Å². The maximum atomic E-state index is 12.5. The van der Waals surface area contributed by atoms with Crippen molar-refractivity contribution < 1.29 is 4.79 Å². The number of rotatable bonds is 3. The fourth-order valence-electron chi connectivity index (χ4n) is 1.92. The minimum Gasteiger partial charge on any atom is -0.292 e. The van der Waals surface area contributed by atoms with Crippen molar-refractivity contribution >= 4 is 37.6 Å². The molecule has 2 nitrogen and oxygen atoms in total. The number of benzene rings is 2. The van der Waals surface area contributed by atoms with Crippen LogP contribution in [0.2, 0.25) is 0 Å². The van der Waals surface area contributed by atoms with Gasteiger partial charge < -0.3 is 0 Å². The second-order valence-corrected chi connectivity index (χ2v) is 6.23. The van der Waals surface area contributed by atoms with E-state index >= 15 is 0 Å². The zero-order valence-electron chi connectivity index (χ0n) is 10.7. The Morgan fingerprint density at radius 3 is 2.35 bits per heavy atom. The second-order valence-electron chi connectivity index (χ2n) is 4.46. The van der Waals surface area contributed by atoms with Gasteiger partial charge in [-0.3, -0.25) is 4.79 Å². The third-order valence-corrected chi connectivity index (χ3v) is 4.17. The van der Waals surface area contributed by atoms with E-state index < -0.39 is 5.92 Å². The summed E-state index contributed by atoms with van der Waals surface area (Å²) < 4.78 is 1.64. The molecule has 0 saturated heterocycles. The van der Waals surface area contributed by atoms with Crippen molar-refractivity contribution in [3.8, 4) is 6.07 Å².